The van der Waals surface area contributed by atoms with Crippen LogP contribution in [0.4, 0.5) is 0 Å². The molecule has 0 aromatic carbocycles. The van der Waals surface area contributed by atoms with Crippen LogP contribution in [0.5, 0.6) is 0 Å². The van der Waals surface area contributed by atoms with Crippen molar-refractivity contribution in [2.45, 2.75) is 65.8 Å². The van der Waals surface area contributed by atoms with E-state index in [2.05, 4.69) is 32.6 Å². The second kappa shape index (κ2) is 10.6. The van der Waals surface area contributed by atoms with Gasteiger partial charge >= 0.3 is 5.97 Å². The van der Waals surface area contributed by atoms with E-state index in [1.165, 1.54) is 12.8 Å². The first kappa shape index (κ1) is 16.4. The molecule has 0 spiro atoms. The third-order valence-electron chi connectivity index (χ3n) is 2.87. The third kappa shape index (κ3) is 9.16. The van der Waals surface area contributed by atoms with Gasteiger partial charge < -0.3 is 4.74 Å². The lowest BCUT2D eigenvalue weighted by atomic mass is 10.2. The quantitative estimate of drug-likeness (QED) is 0.436. The molecule has 0 saturated carbocycles. The Morgan fingerprint density at radius 2 is 1.76 bits per heavy atom. The van der Waals surface area contributed by atoms with Gasteiger partial charge in [0.15, 0.2) is 0 Å². The number of ether oxygens (including phenoxy) is 1. The van der Waals surface area contributed by atoms with E-state index in [1.54, 1.807) is 0 Å². The topological polar surface area (TPSA) is 29.5 Å². The number of unbranched alkanes of at least 4 members (excludes halogenated alkanes) is 3. The van der Waals surface area contributed by atoms with Gasteiger partial charge in [-0.15, -0.1) is 0 Å². The largest absolute Gasteiger partial charge is 0.465 e. The van der Waals surface area contributed by atoms with Gasteiger partial charge in [0.1, 0.15) is 0 Å². The lowest BCUT2D eigenvalue weighted by Gasteiger charge is -2.25. The minimum Gasteiger partial charge on any atom is -0.465 e. The van der Waals surface area contributed by atoms with Crippen LogP contribution in [-0.2, 0) is 9.53 Å². The van der Waals surface area contributed by atoms with Gasteiger partial charge in [0.05, 0.1) is 13.2 Å². The van der Waals surface area contributed by atoms with Gasteiger partial charge in [-0.3, -0.25) is 9.69 Å². The molecule has 0 fully saturated rings. The molecule has 0 N–H and O–H groups in total. The highest BCUT2D eigenvalue weighted by Gasteiger charge is 2.14. The van der Waals surface area contributed by atoms with Gasteiger partial charge in [-0.2, -0.15) is 0 Å². The molecule has 0 unspecified atom stereocenters. The second-order valence-corrected chi connectivity index (χ2v) is 4.85. The summed E-state index contributed by atoms with van der Waals surface area (Å²) >= 11 is 0. The molecule has 0 heterocycles. The van der Waals surface area contributed by atoms with Crippen molar-refractivity contribution in [3.05, 3.63) is 0 Å². The van der Waals surface area contributed by atoms with Crippen molar-refractivity contribution in [3.63, 3.8) is 0 Å². The molecular formula is C14H29NO2. The molecule has 102 valence electrons. The van der Waals surface area contributed by atoms with E-state index in [0.29, 0.717) is 19.2 Å². The maximum atomic E-state index is 11.6. The summed E-state index contributed by atoms with van der Waals surface area (Å²) in [6.45, 7) is 10.5. The molecule has 3 nitrogen and oxygen atoms in total. The minimum absolute atomic E-state index is 0.0800. The third-order valence-corrected chi connectivity index (χ3v) is 2.87. The molecule has 17 heavy (non-hydrogen) atoms. The Bertz CT molecular complexity index is 193. The molecule has 0 aromatic heterocycles. The van der Waals surface area contributed by atoms with Crippen LogP contribution >= 0.6 is 0 Å². The van der Waals surface area contributed by atoms with Crippen LogP contribution in [-0.4, -0.2) is 36.6 Å². The predicted molar refractivity (Wildman–Crippen MR) is 72.1 cm³/mol. The Morgan fingerprint density at radius 3 is 2.29 bits per heavy atom. The number of hydrogen-bond acceptors (Lipinski definition) is 3. The molecular weight excluding hydrogens is 214 g/mol. The summed E-state index contributed by atoms with van der Waals surface area (Å²) in [5.74, 6) is -0.0800. The van der Waals surface area contributed by atoms with Crippen molar-refractivity contribution < 1.29 is 9.53 Å². The fourth-order valence-electron chi connectivity index (χ4n) is 1.63. The van der Waals surface area contributed by atoms with Crippen LogP contribution in [0.2, 0.25) is 0 Å². The minimum atomic E-state index is -0.0800. The Morgan fingerprint density at radius 1 is 1.12 bits per heavy atom. The average molecular weight is 243 g/mol. The second-order valence-electron chi connectivity index (χ2n) is 4.85. The summed E-state index contributed by atoms with van der Waals surface area (Å²) in [4.78, 5) is 13.8. The summed E-state index contributed by atoms with van der Waals surface area (Å²) < 4.78 is 5.19. The first-order valence-electron chi connectivity index (χ1n) is 7.01. The molecule has 3 heteroatoms. The van der Waals surface area contributed by atoms with Gasteiger partial charge in [0, 0.05) is 6.04 Å². The molecule has 0 amide bonds. The standard InChI is InChI=1S/C14H29NO2/c1-5-7-9-10-15(13(3)4)12-14(16)17-11-8-6-2/h13H,5-12H2,1-4H3. The number of hydrogen-bond donors (Lipinski definition) is 0. The smallest absolute Gasteiger partial charge is 0.320 e. The number of rotatable bonds is 10. The molecule has 0 aliphatic rings. The van der Waals surface area contributed by atoms with E-state index in [1.807, 2.05) is 0 Å². The van der Waals surface area contributed by atoms with E-state index in [-0.39, 0.29) is 5.97 Å². The number of nitrogens with zero attached hydrogens (tertiary/aromatic N) is 1. The van der Waals surface area contributed by atoms with Crippen molar-refractivity contribution in [1.82, 2.24) is 4.90 Å². The lowest BCUT2D eigenvalue weighted by molar-refractivity contribution is -0.145. The molecule has 0 atom stereocenters. The van der Waals surface area contributed by atoms with E-state index in [9.17, 15) is 4.79 Å². The van der Waals surface area contributed by atoms with E-state index in [0.717, 1.165) is 25.8 Å². The molecule has 0 saturated heterocycles. The molecule has 0 rings (SSSR count). The molecule has 0 aliphatic heterocycles. The lowest BCUT2D eigenvalue weighted by Crippen LogP contribution is -2.37. The first-order valence-corrected chi connectivity index (χ1v) is 7.01. The highest BCUT2D eigenvalue weighted by atomic mass is 16.5. The zero-order valence-corrected chi connectivity index (χ0v) is 12.0. The van der Waals surface area contributed by atoms with Gasteiger partial charge in [-0.1, -0.05) is 33.1 Å². The zero-order chi connectivity index (χ0) is 13.1. The van der Waals surface area contributed by atoms with Crippen LogP contribution in [0.3, 0.4) is 0 Å². The van der Waals surface area contributed by atoms with E-state index < -0.39 is 0 Å². The van der Waals surface area contributed by atoms with Crippen molar-refractivity contribution in [1.29, 1.82) is 0 Å². The first-order chi connectivity index (χ1) is 8.11. The Balaban J connectivity index is 3.85. The summed E-state index contributed by atoms with van der Waals surface area (Å²) in [6.07, 6.45) is 5.64. The van der Waals surface area contributed by atoms with E-state index in [4.69, 9.17) is 4.74 Å². The summed E-state index contributed by atoms with van der Waals surface area (Å²) in [5.41, 5.74) is 0. The van der Waals surface area contributed by atoms with Crippen molar-refractivity contribution in [2.75, 3.05) is 19.7 Å². The molecule has 0 aromatic rings. The van der Waals surface area contributed by atoms with Crippen molar-refractivity contribution >= 4 is 5.97 Å². The highest BCUT2D eigenvalue weighted by molar-refractivity contribution is 5.71. The number of carbonyl (C=O) groups excluding carboxylic acids is 1. The van der Waals surface area contributed by atoms with Crippen LogP contribution in [0.15, 0.2) is 0 Å². The Kier molecular flexibility index (Phi) is 10.2. The Hall–Kier alpha value is -0.570. The van der Waals surface area contributed by atoms with Crippen LogP contribution in [0.1, 0.15) is 59.8 Å². The monoisotopic (exact) mass is 243 g/mol. The van der Waals surface area contributed by atoms with Crippen molar-refractivity contribution in [2.24, 2.45) is 0 Å². The van der Waals surface area contributed by atoms with Crippen LogP contribution in [0, 0.1) is 0 Å². The maximum Gasteiger partial charge on any atom is 0.320 e. The van der Waals surface area contributed by atoms with Gasteiger partial charge in [0.2, 0.25) is 0 Å². The maximum absolute atomic E-state index is 11.6. The summed E-state index contributed by atoms with van der Waals surface area (Å²) in [7, 11) is 0. The fraction of sp³-hybridized carbons (Fsp3) is 0.929. The van der Waals surface area contributed by atoms with Gasteiger partial charge in [-0.25, -0.2) is 0 Å². The fourth-order valence-corrected chi connectivity index (χ4v) is 1.63. The molecule has 0 aliphatic carbocycles. The Labute approximate surface area is 107 Å². The number of esters is 1. The summed E-state index contributed by atoms with van der Waals surface area (Å²) in [6, 6.07) is 0.408. The zero-order valence-electron chi connectivity index (χ0n) is 12.0. The van der Waals surface area contributed by atoms with Gasteiger partial charge in [-0.05, 0) is 33.2 Å². The average Bonchev–Trinajstić information content (AvgIpc) is 2.28. The summed E-state index contributed by atoms with van der Waals surface area (Å²) in [5, 5.41) is 0. The van der Waals surface area contributed by atoms with Gasteiger partial charge in [0.25, 0.3) is 0 Å². The van der Waals surface area contributed by atoms with Crippen molar-refractivity contribution in [3.8, 4) is 0 Å². The number of carbonyl (C=O) groups is 1. The molecule has 0 bridgehead atoms. The normalized spacial score (nSPS) is 11.2. The van der Waals surface area contributed by atoms with Crippen LogP contribution < -0.4 is 0 Å². The molecule has 0 radical (unpaired) electrons. The SMILES string of the molecule is CCCCCN(CC(=O)OCCCC)C(C)C. The highest BCUT2D eigenvalue weighted by Crippen LogP contribution is 2.04. The van der Waals surface area contributed by atoms with E-state index >= 15 is 0 Å². The van der Waals surface area contributed by atoms with Crippen LogP contribution in [0.25, 0.3) is 0 Å². The predicted octanol–water partition coefficient (Wildman–Crippen LogP) is 3.23.